The Labute approximate surface area is 315 Å². The van der Waals surface area contributed by atoms with Crippen molar-refractivity contribution >= 4 is 17.9 Å². The number of carbonyl (C=O) groups is 3. The summed E-state index contributed by atoms with van der Waals surface area (Å²) in [5, 5.41) is 11.6. The predicted octanol–water partition coefficient (Wildman–Crippen LogP) is 10.0. The van der Waals surface area contributed by atoms with Crippen molar-refractivity contribution in [2.24, 2.45) is 0 Å². The third-order valence-corrected chi connectivity index (χ3v) is 9.99. The molecular weight excluding hydrogens is 642 g/mol. The molecule has 0 aliphatic heterocycles. The van der Waals surface area contributed by atoms with Crippen LogP contribution in [-0.4, -0.2) is 75.5 Å². The van der Waals surface area contributed by atoms with Gasteiger partial charge in [0.1, 0.15) is 12.6 Å². The number of hydrogen-bond donors (Lipinski definition) is 0. The molecule has 302 valence electrons. The number of unbranched alkanes of at least 4 members (excludes halogenated alkanes) is 25. The summed E-state index contributed by atoms with van der Waals surface area (Å²) in [6.07, 6.45) is 34.2. The Bertz CT molecular complexity index is 813. The molecule has 0 N–H and O–H groups in total. The van der Waals surface area contributed by atoms with Crippen molar-refractivity contribution in [2.75, 3.05) is 41.0 Å². The molecule has 0 bridgehead atoms. The van der Waals surface area contributed by atoms with Gasteiger partial charge in [0, 0.05) is 19.3 Å². The number of ether oxygens (including phenoxy) is 3. The molecule has 0 heterocycles. The lowest BCUT2D eigenvalue weighted by Crippen LogP contribution is -2.55. The van der Waals surface area contributed by atoms with E-state index in [0.717, 1.165) is 38.5 Å². The smallest absolute Gasteiger partial charge is 0.306 e. The first-order valence-corrected chi connectivity index (χ1v) is 21.6. The number of esters is 2. The van der Waals surface area contributed by atoms with Crippen LogP contribution >= 0.6 is 0 Å². The van der Waals surface area contributed by atoms with E-state index in [0.29, 0.717) is 12.8 Å². The van der Waals surface area contributed by atoms with Crippen molar-refractivity contribution < 1.29 is 38.2 Å². The van der Waals surface area contributed by atoms with Gasteiger partial charge in [-0.2, -0.15) is 0 Å². The lowest BCUT2D eigenvalue weighted by Gasteiger charge is -2.34. The van der Waals surface area contributed by atoms with Gasteiger partial charge in [0.2, 0.25) is 0 Å². The molecular formula is C43H83NO7. The molecule has 0 radical (unpaired) electrons. The molecule has 0 saturated heterocycles. The minimum absolute atomic E-state index is 0.0482. The van der Waals surface area contributed by atoms with Gasteiger partial charge in [-0.15, -0.1) is 0 Å². The largest absolute Gasteiger partial charge is 0.544 e. The Balaban J connectivity index is 4.16. The number of hydrogen-bond acceptors (Lipinski definition) is 7. The highest BCUT2D eigenvalue weighted by atomic mass is 16.6. The molecule has 0 aliphatic carbocycles. The third kappa shape index (κ3) is 33.9. The van der Waals surface area contributed by atoms with Crippen molar-refractivity contribution in [1.29, 1.82) is 0 Å². The van der Waals surface area contributed by atoms with E-state index in [4.69, 9.17) is 14.2 Å². The molecule has 0 fully saturated rings. The molecule has 0 rings (SSSR count). The van der Waals surface area contributed by atoms with E-state index in [1.54, 1.807) is 21.1 Å². The second kappa shape index (κ2) is 35.4. The average molecular weight is 726 g/mol. The van der Waals surface area contributed by atoms with E-state index >= 15 is 0 Å². The summed E-state index contributed by atoms with van der Waals surface area (Å²) >= 11 is 0. The zero-order valence-corrected chi connectivity index (χ0v) is 34.3. The van der Waals surface area contributed by atoms with Gasteiger partial charge in [-0.1, -0.05) is 174 Å². The molecule has 0 aromatic carbocycles. The Morgan fingerprint density at radius 2 is 0.863 bits per heavy atom. The summed E-state index contributed by atoms with van der Waals surface area (Å²) in [5.74, 6) is -1.72. The molecule has 8 nitrogen and oxygen atoms in total. The molecule has 0 aliphatic rings. The van der Waals surface area contributed by atoms with Crippen LogP contribution in [0, 0.1) is 0 Å². The van der Waals surface area contributed by atoms with Gasteiger partial charge in [-0.05, 0) is 12.8 Å². The number of rotatable bonds is 39. The normalized spacial score (nSPS) is 12.9. The van der Waals surface area contributed by atoms with Gasteiger partial charge in [0.25, 0.3) is 0 Å². The summed E-state index contributed by atoms with van der Waals surface area (Å²) in [4.78, 5) is 36.6. The van der Waals surface area contributed by atoms with E-state index in [-0.39, 0.29) is 42.7 Å². The quantitative estimate of drug-likeness (QED) is 0.0353. The van der Waals surface area contributed by atoms with Crippen LogP contribution in [0.1, 0.15) is 206 Å². The summed E-state index contributed by atoms with van der Waals surface area (Å²) in [6.45, 7) is 4.66. The maximum absolute atomic E-state index is 12.6. The lowest BCUT2D eigenvalue weighted by molar-refractivity contribution is -0.889. The lowest BCUT2D eigenvalue weighted by atomic mass is 10.0. The second-order valence-electron chi connectivity index (χ2n) is 15.9. The van der Waals surface area contributed by atoms with Crippen LogP contribution < -0.4 is 5.11 Å². The highest BCUT2D eigenvalue weighted by Gasteiger charge is 2.25. The summed E-state index contributed by atoms with van der Waals surface area (Å²) in [6, 6.07) is -0.718. The minimum atomic E-state index is -1.12. The SMILES string of the molecule is CCCCCCCCCCCCCCCCCCCCCC(=O)OCC(COCCC(C(=O)[O-])[N+](C)(C)C)OC(=O)CCCCCCCCCC. The Morgan fingerprint density at radius 1 is 0.510 bits per heavy atom. The number of carboxylic acids is 1. The van der Waals surface area contributed by atoms with Gasteiger partial charge in [0.05, 0.1) is 40.3 Å². The maximum Gasteiger partial charge on any atom is 0.306 e. The molecule has 0 amide bonds. The number of aliphatic carboxylic acids is 1. The molecule has 0 aromatic rings. The van der Waals surface area contributed by atoms with Crippen LogP contribution in [-0.2, 0) is 28.6 Å². The molecule has 0 aromatic heterocycles. The molecule has 8 heteroatoms. The highest BCUT2D eigenvalue weighted by Crippen LogP contribution is 2.16. The van der Waals surface area contributed by atoms with Crippen LogP contribution in [0.15, 0.2) is 0 Å². The van der Waals surface area contributed by atoms with Crippen molar-refractivity contribution in [2.45, 2.75) is 219 Å². The van der Waals surface area contributed by atoms with E-state index in [1.165, 1.54) is 135 Å². The van der Waals surface area contributed by atoms with Crippen molar-refractivity contribution in [1.82, 2.24) is 0 Å². The van der Waals surface area contributed by atoms with Gasteiger partial charge in [0.15, 0.2) is 6.10 Å². The summed E-state index contributed by atoms with van der Waals surface area (Å²) in [7, 11) is 5.41. The molecule has 51 heavy (non-hydrogen) atoms. The van der Waals surface area contributed by atoms with Crippen LogP contribution in [0.2, 0.25) is 0 Å². The predicted molar refractivity (Wildman–Crippen MR) is 208 cm³/mol. The van der Waals surface area contributed by atoms with Crippen molar-refractivity contribution in [3.05, 3.63) is 0 Å². The second-order valence-corrected chi connectivity index (χ2v) is 15.9. The first-order chi connectivity index (χ1) is 24.6. The fraction of sp³-hybridized carbons (Fsp3) is 0.930. The number of carbonyl (C=O) groups excluding carboxylic acids is 3. The van der Waals surface area contributed by atoms with E-state index < -0.39 is 18.1 Å². The van der Waals surface area contributed by atoms with Crippen LogP contribution in [0.25, 0.3) is 0 Å². The van der Waals surface area contributed by atoms with E-state index in [2.05, 4.69) is 13.8 Å². The standard InChI is InChI=1S/C43H83NO7/c1-6-8-10-12-14-16-17-18-19-20-21-22-23-24-25-26-28-29-31-33-41(45)50-38-39(37-49-36-35-40(43(47)48)44(3,4)5)51-42(46)34-32-30-27-15-13-11-9-7-2/h39-40H,6-38H2,1-5H3. The maximum atomic E-state index is 12.6. The third-order valence-electron chi connectivity index (χ3n) is 9.99. The minimum Gasteiger partial charge on any atom is -0.544 e. The monoisotopic (exact) mass is 726 g/mol. The number of quaternary nitrogens is 1. The van der Waals surface area contributed by atoms with Gasteiger partial charge in [-0.25, -0.2) is 0 Å². The topological polar surface area (TPSA) is 102 Å². The zero-order chi connectivity index (χ0) is 37.8. The summed E-state index contributed by atoms with van der Waals surface area (Å²) < 4.78 is 17.1. The molecule has 0 saturated carbocycles. The molecule has 0 spiro atoms. The Hall–Kier alpha value is -1.67. The first kappa shape index (κ1) is 49.3. The number of nitrogens with zero attached hydrogens (tertiary/aromatic N) is 1. The van der Waals surface area contributed by atoms with E-state index in [1.807, 2.05) is 0 Å². The fourth-order valence-corrected chi connectivity index (χ4v) is 6.60. The van der Waals surface area contributed by atoms with Crippen LogP contribution in [0.3, 0.4) is 0 Å². The first-order valence-electron chi connectivity index (χ1n) is 21.6. The van der Waals surface area contributed by atoms with Crippen molar-refractivity contribution in [3.63, 3.8) is 0 Å². The van der Waals surface area contributed by atoms with Gasteiger partial charge in [-0.3, -0.25) is 9.59 Å². The summed E-state index contributed by atoms with van der Waals surface area (Å²) in [5.41, 5.74) is 0. The number of likely N-dealkylation sites (N-methyl/N-ethyl adjacent to an activating group) is 1. The molecule has 2 atom stereocenters. The van der Waals surface area contributed by atoms with Crippen LogP contribution in [0.5, 0.6) is 0 Å². The zero-order valence-electron chi connectivity index (χ0n) is 34.3. The Morgan fingerprint density at radius 3 is 1.22 bits per heavy atom. The van der Waals surface area contributed by atoms with Crippen molar-refractivity contribution in [3.8, 4) is 0 Å². The number of carboxylic acid groups (broad SMARTS) is 1. The van der Waals surface area contributed by atoms with Crippen LogP contribution in [0.4, 0.5) is 0 Å². The van der Waals surface area contributed by atoms with Gasteiger partial charge < -0.3 is 28.6 Å². The molecule has 2 unspecified atom stereocenters. The van der Waals surface area contributed by atoms with E-state index in [9.17, 15) is 19.5 Å². The fourth-order valence-electron chi connectivity index (χ4n) is 6.60. The Kier molecular flexibility index (Phi) is 34.2. The average Bonchev–Trinajstić information content (AvgIpc) is 3.08. The van der Waals surface area contributed by atoms with Gasteiger partial charge >= 0.3 is 11.9 Å². The highest BCUT2D eigenvalue weighted by molar-refractivity contribution is 5.70.